The van der Waals surface area contributed by atoms with Crippen molar-refractivity contribution in [2.45, 2.75) is 123 Å². The number of imidazole rings is 1. The molecule has 3 aromatic rings. The van der Waals surface area contributed by atoms with Crippen molar-refractivity contribution >= 4 is 7.92 Å². The van der Waals surface area contributed by atoms with E-state index in [1.807, 2.05) is 0 Å². The minimum atomic E-state index is -0.0534. The van der Waals surface area contributed by atoms with Gasteiger partial charge in [0, 0.05) is 0 Å². The second kappa shape index (κ2) is 11.4. The van der Waals surface area contributed by atoms with Gasteiger partial charge in [-0.05, 0) is 101 Å². The summed E-state index contributed by atoms with van der Waals surface area (Å²) in [5, 5.41) is 0. The molecule has 0 aliphatic heterocycles. The molecule has 0 atom stereocenters. The van der Waals surface area contributed by atoms with Crippen LogP contribution in [0.3, 0.4) is 0 Å². The Bertz CT molecular complexity index is 1100. The zero-order valence-corrected chi connectivity index (χ0v) is 25.1. The molecular formula is C34H48N2P+. The van der Waals surface area contributed by atoms with E-state index in [-0.39, 0.29) is 7.92 Å². The average Bonchev–Trinajstić information content (AvgIpc) is 3.25. The summed E-state index contributed by atoms with van der Waals surface area (Å²) >= 11 is 0. The van der Waals surface area contributed by atoms with Gasteiger partial charge in [0.2, 0.25) is 0 Å². The third kappa shape index (κ3) is 5.61. The van der Waals surface area contributed by atoms with Gasteiger partial charge in [-0.25, -0.2) is 0 Å². The molecule has 5 rings (SSSR count). The Labute approximate surface area is 227 Å². The van der Waals surface area contributed by atoms with Crippen LogP contribution in [0.4, 0.5) is 0 Å². The highest BCUT2D eigenvalue weighted by molar-refractivity contribution is 7.58. The maximum atomic E-state index is 2.59. The number of nitrogens with zero attached hydrogens (tertiary/aromatic N) is 2. The molecule has 0 bridgehead atoms. The van der Waals surface area contributed by atoms with Crippen molar-refractivity contribution in [1.82, 2.24) is 4.57 Å². The van der Waals surface area contributed by atoms with Crippen molar-refractivity contribution in [2.24, 2.45) is 0 Å². The Balaban J connectivity index is 1.67. The molecule has 3 heteroatoms. The molecule has 1 aromatic heterocycles. The predicted octanol–water partition coefficient (Wildman–Crippen LogP) is 9.25. The smallest absolute Gasteiger partial charge is 0.199 e. The largest absolute Gasteiger partial charge is 0.271 e. The van der Waals surface area contributed by atoms with E-state index in [1.54, 1.807) is 0 Å². The fourth-order valence-electron chi connectivity index (χ4n) is 7.63. The van der Waals surface area contributed by atoms with E-state index in [4.69, 9.17) is 0 Å². The normalized spacial score (nSPS) is 17.6. The lowest BCUT2D eigenvalue weighted by Gasteiger charge is -2.38. The summed E-state index contributed by atoms with van der Waals surface area (Å²) in [4.78, 5) is 0. The van der Waals surface area contributed by atoms with Crippen LogP contribution in [0.2, 0.25) is 0 Å². The molecule has 2 aromatic carbocycles. The lowest BCUT2D eigenvalue weighted by atomic mass is 9.99. The van der Waals surface area contributed by atoms with Crippen LogP contribution in [-0.4, -0.2) is 15.9 Å². The number of hydrogen-bond donors (Lipinski definition) is 0. The van der Waals surface area contributed by atoms with E-state index in [9.17, 15) is 0 Å². The Morgan fingerprint density at radius 1 is 0.676 bits per heavy atom. The van der Waals surface area contributed by atoms with E-state index in [0.29, 0.717) is 0 Å². The van der Waals surface area contributed by atoms with E-state index in [2.05, 4.69) is 87.3 Å². The van der Waals surface area contributed by atoms with Gasteiger partial charge < -0.3 is 0 Å². The van der Waals surface area contributed by atoms with Crippen LogP contribution in [0.15, 0.2) is 36.7 Å². The fourth-order valence-corrected chi connectivity index (χ4v) is 11.4. The molecule has 0 spiro atoms. The summed E-state index contributed by atoms with van der Waals surface area (Å²) in [7, 11) is -0.0534. The maximum Gasteiger partial charge on any atom is 0.271 e. The molecule has 2 aliphatic carbocycles. The molecule has 0 radical (unpaired) electrons. The van der Waals surface area contributed by atoms with Crippen molar-refractivity contribution in [3.8, 4) is 11.4 Å². The second-order valence-electron chi connectivity index (χ2n) is 12.2. The minimum Gasteiger partial charge on any atom is -0.199 e. The number of benzene rings is 2. The van der Waals surface area contributed by atoms with Crippen molar-refractivity contribution in [1.29, 1.82) is 0 Å². The fraction of sp³-hybridized carbons (Fsp3) is 0.559. The highest BCUT2D eigenvalue weighted by Gasteiger charge is 2.36. The Kier molecular flexibility index (Phi) is 8.25. The number of aromatic nitrogens is 2. The number of rotatable bonds is 6. The first-order chi connectivity index (χ1) is 17.8. The molecule has 2 nitrogen and oxygen atoms in total. The molecule has 37 heavy (non-hydrogen) atoms. The first-order valence-electron chi connectivity index (χ1n) is 14.9. The van der Waals surface area contributed by atoms with E-state index in [0.717, 1.165) is 11.3 Å². The van der Waals surface area contributed by atoms with Gasteiger partial charge in [-0.2, -0.15) is 9.13 Å². The summed E-state index contributed by atoms with van der Waals surface area (Å²) in [5.74, 6) is 1.51. The molecule has 0 saturated heterocycles. The number of aryl methyl sites for hydroxylation is 6. The van der Waals surface area contributed by atoms with Crippen LogP contribution in [0, 0.1) is 41.5 Å². The standard InChI is InChI=1S/C34H48N2P/c1-24-19-26(3)33(27(4)20-24)35-17-18-36(34-28(5)21-25(2)22-29(34)6)32(35)23-37(30-13-9-7-10-14-30)31-15-11-8-12-16-31/h17-22,30-31H,7-16,23H2,1-6H3/q+1. The summed E-state index contributed by atoms with van der Waals surface area (Å²) < 4.78 is 5.17. The van der Waals surface area contributed by atoms with Crippen LogP contribution in [-0.2, 0) is 6.16 Å². The SMILES string of the molecule is Cc1cc(C)c(-n2cc[n+](-c3c(C)cc(C)cc3C)c2CP(C2CCCCC2)C2CCCCC2)c(C)c1. The predicted molar refractivity (Wildman–Crippen MR) is 160 cm³/mol. The molecule has 2 fully saturated rings. The Morgan fingerprint density at radius 2 is 1.14 bits per heavy atom. The minimum absolute atomic E-state index is 0.0534. The van der Waals surface area contributed by atoms with E-state index in [1.165, 1.54) is 121 Å². The van der Waals surface area contributed by atoms with E-state index < -0.39 is 0 Å². The summed E-state index contributed by atoms with van der Waals surface area (Å²) in [6, 6.07) is 9.46. The van der Waals surface area contributed by atoms with Gasteiger partial charge in [-0.15, -0.1) is 0 Å². The van der Waals surface area contributed by atoms with Gasteiger partial charge in [0.05, 0.1) is 6.16 Å². The average molecular weight is 516 g/mol. The number of hydrogen-bond acceptors (Lipinski definition) is 0. The third-order valence-corrected chi connectivity index (χ3v) is 12.6. The Hall–Kier alpha value is -1.92. The lowest BCUT2D eigenvalue weighted by molar-refractivity contribution is -0.603. The molecule has 0 unspecified atom stereocenters. The zero-order chi connectivity index (χ0) is 26.1. The Morgan fingerprint density at radius 3 is 1.62 bits per heavy atom. The molecule has 2 aliphatic rings. The first kappa shape index (κ1) is 26.7. The maximum absolute atomic E-state index is 2.59. The topological polar surface area (TPSA) is 8.81 Å². The van der Waals surface area contributed by atoms with Crippen LogP contribution >= 0.6 is 7.92 Å². The first-order valence-corrected chi connectivity index (χ1v) is 16.5. The molecule has 0 N–H and O–H groups in total. The molecule has 2 saturated carbocycles. The van der Waals surface area contributed by atoms with Crippen LogP contribution in [0.1, 0.15) is 103 Å². The second-order valence-corrected chi connectivity index (χ2v) is 15.0. The van der Waals surface area contributed by atoms with Gasteiger partial charge in [0.1, 0.15) is 23.8 Å². The van der Waals surface area contributed by atoms with Gasteiger partial charge in [-0.1, -0.05) is 81.8 Å². The van der Waals surface area contributed by atoms with Gasteiger partial charge in [-0.3, -0.25) is 0 Å². The summed E-state index contributed by atoms with van der Waals surface area (Å²) in [6.07, 6.45) is 20.5. The highest BCUT2D eigenvalue weighted by Crippen LogP contribution is 2.57. The molecule has 198 valence electrons. The molecular weight excluding hydrogens is 467 g/mol. The van der Waals surface area contributed by atoms with Gasteiger partial charge in [0.25, 0.3) is 5.82 Å². The van der Waals surface area contributed by atoms with Crippen LogP contribution in [0.25, 0.3) is 11.4 Å². The quantitative estimate of drug-likeness (QED) is 0.228. The lowest BCUT2D eigenvalue weighted by Crippen LogP contribution is -2.37. The van der Waals surface area contributed by atoms with Crippen molar-refractivity contribution < 1.29 is 4.57 Å². The third-order valence-electron chi connectivity index (χ3n) is 9.08. The van der Waals surface area contributed by atoms with Gasteiger partial charge in [0.15, 0.2) is 0 Å². The monoisotopic (exact) mass is 515 g/mol. The van der Waals surface area contributed by atoms with E-state index >= 15 is 0 Å². The molecule has 0 amide bonds. The molecule has 1 heterocycles. The zero-order valence-electron chi connectivity index (χ0n) is 24.2. The van der Waals surface area contributed by atoms with Crippen molar-refractivity contribution in [3.63, 3.8) is 0 Å². The summed E-state index contributed by atoms with van der Waals surface area (Å²) in [6.45, 7) is 13.7. The van der Waals surface area contributed by atoms with Crippen molar-refractivity contribution in [3.05, 3.63) is 75.9 Å². The van der Waals surface area contributed by atoms with Crippen LogP contribution < -0.4 is 4.57 Å². The van der Waals surface area contributed by atoms with Gasteiger partial charge >= 0.3 is 0 Å². The summed E-state index contributed by atoms with van der Waals surface area (Å²) in [5.41, 5.74) is 12.9. The van der Waals surface area contributed by atoms with Crippen LogP contribution in [0.5, 0.6) is 0 Å². The van der Waals surface area contributed by atoms with Crippen molar-refractivity contribution in [2.75, 3.05) is 0 Å². The highest BCUT2D eigenvalue weighted by atomic mass is 31.1.